The predicted octanol–water partition coefficient (Wildman–Crippen LogP) is 4.89. The molecule has 1 saturated carbocycles. The number of nitrogens with zero attached hydrogens (tertiary/aromatic N) is 2. The van der Waals surface area contributed by atoms with Crippen LogP contribution in [0.3, 0.4) is 0 Å². The Morgan fingerprint density at radius 2 is 1.77 bits per heavy atom. The minimum absolute atomic E-state index is 0.00000205. The molecule has 6 nitrogen and oxygen atoms in total. The van der Waals surface area contributed by atoms with Crippen LogP contribution in [0, 0.1) is 20.2 Å². The number of non-ortho nitro benzene ring substituents is 1. The smallest absolute Gasteiger partial charge is 0.258 e. The summed E-state index contributed by atoms with van der Waals surface area (Å²) in [6.45, 7) is 0. The van der Waals surface area contributed by atoms with Crippen LogP contribution in [0.5, 0.6) is 0 Å². The summed E-state index contributed by atoms with van der Waals surface area (Å²) in [7, 11) is 0. The molecule has 1 aromatic carbocycles. The van der Waals surface area contributed by atoms with Crippen molar-refractivity contribution in [3.63, 3.8) is 0 Å². The van der Waals surface area contributed by atoms with Gasteiger partial charge in [-0.2, -0.15) is 0 Å². The third-order valence-corrected chi connectivity index (χ3v) is 8.12. The normalized spacial score (nSPS) is 28.3. The molecule has 0 saturated heterocycles. The van der Waals surface area contributed by atoms with Gasteiger partial charge in [-0.1, -0.05) is 31.9 Å². The molecule has 2 rings (SSSR count). The molecule has 4 atom stereocenters. The van der Waals surface area contributed by atoms with Crippen molar-refractivity contribution in [2.75, 3.05) is 0 Å². The molecule has 0 amide bonds. The Morgan fingerprint density at radius 1 is 1.14 bits per heavy atom. The van der Waals surface area contributed by atoms with Gasteiger partial charge in [0, 0.05) is 26.3 Å². The fraction of sp³-hybridized carbons (Fsp3) is 0.500. The van der Waals surface area contributed by atoms with E-state index in [1.807, 2.05) is 0 Å². The average Bonchev–Trinajstić information content (AvgIpc) is 2.44. The summed E-state index contributed by atoms with van der Waals surface area (Å²) in [6.07, 6.45) is 1.50. The lowest BCUT2D eigenvalue weighted by Crippen LogP contribution is -2.35. The first kappa shape index (κ1) is 18.0. The first-order valence-electron chi connectivity index (χ1n) is 6.31. The number of halogens is 3. The van der Waals surface area contributed by atoms with E-state index in [1.165, 1.54) is 23.9 Å². The van der Waals surface area contributed by atoms with Gasteiger partial charge in [0.2, 0.25) is 0 Å². The SMILES string of the molecule is O=[N+]([O-])c1ccc(S[C@@H]2C[C@@H](Br)[C@H](Br)C[C@H]2Cl)c([N+](=O)[O-])c1. The van der Waals surface area contributed by atoms with E-state index in [1.54, 1.807) is 0 Å². The van der Waals surface area contributed by atoms with Crippen LogP contribution in [-0.4, -0.2) is 30.1 Å². The maximum Gasteiger partial charge on any atom is 0.289 e. The Hall–Kier alpha value is -0.380. The van der Waals surface area contributed by atoms with E-state index in [2.05, 4.69) is 31.9 Å². The minimum Gasteiger partial charge on any atom is -0.258 e. The molecule has 120 valence electrons. The molecule has 0 N–H and O–H groups in total. The third-order valence-electron chi connectivity index (χ3n) is 3.33. The molecule has 0 radical (unpaired) electrons. The number of rotatable bonds is 4. The van der Waals surface area contributed by atoms with Gasteiger partial charge in [-0.05, 0) is 18.9 Å². The second-order valence-corrected chi connectivity index (χ2v) is 9.04. The molecule has 10 heteroatoms. The average molecular weight is 475 g/mol. The van der Waals surface area contributed by atoms with Crippen molar-refractivity contribution in [3.8, 4) is 0 Å². The Kier molecular flexibility index (Phi) is 6.09. The first-order chi connectivity index (χ1) is 10.3. The quantitative estimate of drug-likeness (QED) is 0.352. The fourth-order valence-corrected chi connectivity index (χ4v) is 5.62. The van der Waals surface area contributed by atoms with Gasteiger partial charge in [-0.15, -0.1) is 23.4 Å². The summed E-state index contributed by atoms with van der Waals surface area (Å²) < 4.78 is 0. The number of nitro benzene ring substituents is 2. The Balaban J connectivity index is 2.25. The summed E-state index contributed by atoms with van der Waals surface area (Å²) in [5, 5.41) is 21.8. The van der Waals surface area contributed by atoms with E-state index in [4.69, 9.17) is 11.6 Å². The van der Waals surface area contributed by atoms with Crippen molar-refractivity contribution in [1.82, 2.24) is 0 Å². The number of thioether (sulfide) groups is 1. The Morgan fingerprint density at radius 3 is 2.36 bits per heavy atom. The van der Waals surface area contributed by atoms with Crippen LogP contribution in [-0.2, 0) is 0 Å². The number of alkyl halides is 3. The molecule has 0 spiro atoms. The number of hydrogen-bond acceptors (Lipinski definition) is 5. The predicted molar refractivity (Wildman–Crippen MR) is 93.7 cm³/mol. The van der Waals surface area contributed by atoms with Crippen LogP contribution in [0.25, 0.3) is 0 Å². The van der Waals surface area contributed by atoms with Gasteiger partial charge in [0.1, 0.15) is 0 Å². The molecule has 1 fully saturated rings. The molecule has 0 heterocycles. The van der Waals surface area contributed by atoms with Gasteiger partial charge in [0.05, 0.1) is 20.8 Å². The summed E-state index contributed by atoms with van der Waals surface area (Å²) in [5.74, 6) is 0. The van der Waals surface area contributed by atoms with Crippen molar-refractivity contribution in [2.45, 2.75) is 38.0 Å². The molecule has 0 bridgehead atoms. The first-order valence-corrected chi connectivity index (χ1v) is 9.46. The van der Waals surface area contributed by atoms with Crippen molar-refractivity contribution in [1.29, 1.82) is 0 Å². The molecular formula is C12H11Br2ClN2O4S. The summed E-state index contributed by atoms with van der Waals surface area (Å²) in [4.78, 5) is 21.6. The molecule has 0 aliphatic heterocycles. The van der Waals surface area contributed by atoms with Gasteiger partial charge in [-0.25, -0.2) is 0 Å². The van der Waals surface area contributed by atoms with Gasteiger partial charge in [0.25, 0.3) is 11.4 Å². The Labute approximate surface area is 152 Å². The van der Waals surface area contributed by atoms with Crippen LogP contribution < -0.4 is 0 Å². The minimum atomic E-state index is -0.643. The highest BCUT2D eigenvalue weighted by Gasteiger charge is 2.35. The zero-order chi connectivity index (χ0) is 16.4. The van der Waals surface area contributed by atoms with E-state index in [-0.39, 0.29) is 31.7 Å². The number of hydrogen-bond donors (Lipinski definition) is 0. The van der Waals surface area contributed by atoms with Crippen LogP contribution in [0.4, 0.5) is 11.4 Å². The van der Waals surface area contributed by atoms with E-state index in [0.717, 1.165) is 18.9 Å². The summed E-state index contributed by atoms with van der Waals surface area (Å²) in [6, 6.07) is 3.70. The zero-order valence-corrected chi connectivity index (χ0v) is 15.8. The number of nitro groups is 2. The molecule has 1 aliphatic carbocycles. The van der Waals surface area contributed by atoms with E-state index in [0.29, 0.717) is 4.90 Å². The van der Waals surface area contributed by atoms with Crippen LogP contribution in [0.2, 0.25) is 0 Å². The molecule has 0 unspecified atom stereocenters. The third kappa shape index (κ3) is 4.12. The second kappa shape index (κ2) is 7.46. The van der Waals surface area contributed by atoms with Gasteiger partial charge in [-0.3, -0.25) is 20.2 Å². The molecule has 0 aromatic heterocycles. The fourth-order valence-electron chi connectivity index (χ4n) is 2.18. The maximum absolute atomic E-state index is 11.2. The van der Waals surface area contributed by atoms with Crippen molar-refractivity contribution in [3.05, 3.63) is 38.4 Å². The standard InChI is InChI=1S/C12H11Br2ClN2O4S/c13-7-4-9(15)12(5-8(7)14)22-11-2-1-6(16(18)19)3-10(11)17(20)21/h1-3,7-9,12H,4-5H2/t7-,8-,9-,12-/m1/s1. The highest BCUT2D eigenvalue weighted by atomic mass is 79.9. The topological polar surface area (TPSA) is 86.3 Å². The lowest BCUT2D eigenvalue weighted by Gasteiger charge is -2.33. The van der Waals surface area contributed by atoms with Crippen LogP contribution in [0.15, 0.2) is 23.1 Å². The zero-order valence-electron chi connectivity index (χ0n) is 11.0. The van der Waals surface area contributed by atoms with E-state index >= 15 is 0 Å². The Bertz CT molecular complexity index is 606. The highest BCUT2D eigenvalue weighted by Crippen LogP contribution is 2.44. The van der Waals surface area contributed by atoms with Crippen LogP contribution >= 0.6 is 55.2 Å². The molecule has 1 aromatic rings. The summed E-state index contributed by atoms with van der Waals surface area (Å²) in [5.41, 5.74) is -0.545. The largest absolute Gasteiger partial charge is 0.289 e. The maximum atomic E-state index is 11.2. The lowest BCUT2D eigenvalue weighted by atomic mass is 9.99. The van der Waals surface area contributed by atoms with Gasteiger partial charge in [0.15, 0.2) is 0 Å². The van der Waals surface area contributed by atoms with E-state index in [9.17, 15) is 20.2 Å². The second-order valence-electron chi connectivity index (χ2n) is 4.84. The monoisotopic (exact) mass is 472 g/mol. The van der Waals surface area contributed by atoms with Crippen LogP contribution in [0.1, 0.15) is 12.8 Å². The van der Waals surface area contributed by atoms with E-state index < -0.39 is 9.85 Å². The molecule has 1 aliphatic rings. The van der Waals surface area contributed by atoms with Gasteiger partial charge < -0.3 is 0 Å². The van der Waals surface area contributed by atoms with Crippen molar-refractivity contribution >= 4 is 66.6 Å². The lowest BCUT2D eigenvalue weighted by molar-refractivity contribution is -0.396. The molecular weight excluding hydrogens is 463 g/mol. The highest BCUT2D eigenvalue weighted by molar-refractivity contribution is 9.12. The number of benzene rings is 1. The van der Waals surface area contributed by atoms with Crippen molar-refractivity contribution < 1.29 is 9.85 Å². The molecule has 22 heavy (non-hydrogen) atoms. The van der Waals surface area contributed by atoms with Gasteiger partial charge >= 0.3 is 0 Å². The van der Waals surface area contributed by atoms with Crippen molar-refractivity contribution in [2.24, 2.45) is 0 Å². The summed E-state index contributed by atoms with van der Waals surface area (Å²) >= 11 is 14.8.